The van der Waals surface area contributed by atoms with Gasteiger partial charge in [0.05, 0.1) is 25.4 Å². The number of aliphatic hydroxyl groups excluding tert-OH is 5. The lowest BCUT2D eigenvalue weighted by atomic mass is 9.99. The molecule has 406 valence electrons. The molecular weight excluding hydrogens is 863 g/mol. The molecule has 0 radical (unpaired) electrons. The summed E-state index contributed by atoms with van der Waals surface area (Å²) in [7, 11) is 0. The molecule has 7 unspecified atom stereocenters. The van der Waals surface area contributed by atoms with Crippen LogP contribution in [0.4, 0.5) is 0 Å². The monoisotopic (exact) mass is 976 g/mol. The number of hydrogen-bond donors (Lipinski definition) is 6. The number of ether oxygens (including phenoxy) is 2. The number of carbonyl (C=O) groups is 1. The average molecular weight is 977 g/mol. The number of aliphatic hydroxyl groups is 5. The number of carbonyl (C=O) groups excluding carboxylic acids is 1. The van der Waals surface area contributed by atoms with Crippen molar-refractivity contribution in [2.75, 3.05) is 13.2 Å². The smallest absolute Gasteiger partial charge is 0.220 e. The summed E-state index contributed by atoms with van der Waals surface area (Å²) in [4.78, 5) is 13.1. The van der Waals surface area contributed by atoms with Crippen LogP contribution in [-0.2, 0) is 14.3 Å². The molecule has 9 nitrogen and oxygen atoms in total. The van der Waals surface area contributed by atoms with Gasteiger partial charge in [-0.15, -0.1) is 0 Å². The quantitative estimate of drug-likeness (QED) is 0.0261. The van der Waals surface area contributed by atoms with Crippen molar-refractivity contribution in [1.29, 1.82) is 0 Å². The Hall–Kier alpha value is -1.59. The van der Waals surface area contributed by atoms with E-state index in [1.165, 1.54) is 225 Å². The zero-order valence-corrected chi connectivity index (χ0v) is 45.1. The largest absolute Gasteiger partial charge is 0.394 e. The molecule has 0 bridgehead atoms. The van der Waals surface area contributed by atoms with Crippen molar-refractivity contribution in [3.8, 4) is 0 Å². The highest BCUT2D eigenvalue weighted by atomic mass is 16.7. The number of amides is 1. The second-order valence-electron chi connectivity index (χ2n) is 20.8. The van der Waals surface area contributed by atoms with Crippen molar-refractivity contribution >= 4 is 5.91 Å². The van der Waals surface area contributed by atoms with Gasteiger partial charge in [-0.1, -0.05) is 256 Å². The molecule has 0 saturated carbocycles. The van der Waals surface area contributed by atoms with Crippen LogP contribution in [0.25, 0.3) is 0 Å². The van der Waals surface area contributed by atoms with Crippen molar-refractivity contribution in [3.63, 3.8) is 0 Å². The van der Waals surface area contributed by atoms with Crippen LogP contribution in [0, 0.1) is 0 Å². The maximum Gasteiger partial charge on any atom is 0.220 e. The van der Waals surface area contributed by atoms with Crippen LogP contribution >= 0.6 is 0 Å². The van der Waals surface area contributed by atoms with E-state index < -0.39 is 49.5 Å². The molecule has 0 aliphatic carbocycles. The fourth-order valence-electron chi connectivity index (χ4n) is 9.46. The van der Waals surface area contributed by atoms with Crippen molar-refractivity contribution in [1.82, 2.24) is 5.32 Å². The van der Waals surface area contributed by atoms with E-state index in [-0.39, 0.29) is 12.5 Å². The van der Waals surface area contributed by atoms with Gasteiger partial charge in [-0.25, -0.2) is 0 Å². The molecule has 1 amide bonds. The fourth-order valence-corrected chi connectivity index (χ4v) is 9.46. The second kappa shape index (κ2) is 50.0. The molecule has 1 aliphatic heterocycles. The number of unbranched alkanes of at least 4 members (excludes halogenated alkanes) is 37. The molecule has 0 aromatic heterocycles. The first kappa shape index (κ1) is 65.4. The zero-order chi connectivity index (χ0) is 50.1. The predicted octanol–water partition coefficient (Wildman–Crippen LogP) is 14.7. The minimum atomic E-state index is -1.57. The van der Waals surface area contributed by atoms with Crippen molar-refractivity contribution < 1.29 is 39.8 Å². The third kappa shape index (κ3) is 39.6. The van der Waals surface area contributed by atoms with E-state index in [1.54, 1.807) is 6.08 Å². The van der Waals surface area contributed by atoms with Crippen molar-refractivity contribution in [2.24, 2.45) is 0 Å². The molecule has 1 heterocycles. The molecule has 6 N–H and O–H groups in total. The van der Waals surface area contributed by atoms with Crippen LogP contribution in [0.3, 0.4) is 0 Å². The topological polar surface area (TPSA) is 149 Å². The Morgan fingerprint density at radius 3 is 1.22 bits per heavy atom. The predicted molar refractivity (Wildman–Crippen MR) is 290 cm³/mol. The molecule has 9 heteroatoms. The highest BCUT2D eigenvalue weighted by molar-refractivity contribution is 5.76. The summed E-state index contributed by atoms with van der Waals surface area (Å²) in [5, 5.41) is 54.5. The summed E-state index contributed by atoms with van der Waals surface area (Å²) in [5.41, 5.74) is 0. The third-order valence-corrected chi connectivity index (χ3v) is 14.2. The average Bonchev–Trinajstić information content (AvgIpc) is 3.35. The van der Waals surface area contributed by atoms with Crippen LogP contribution in [0.2, 0.25) is 0 Å². The SMILES string of the molecule is CCCCCCCCCC/C=C\CCCCCCCCCCCCCCCCCCCC(=O)NC(COC1OC(CO)C(O)C(O)C1O)C(O)/C=C/CC/C=C/CCCCCCCCCCCCC. The van der Waals surface area contributed by atoms with Crippen LogP contribution < -0.4 is 5.32 Å². The van der Waals surface area contributed by atoms with Gasteiger partial charge >= 0.3 is 0 Å². The first-order valence-electron chi connectivity index (χ1n) is 29.7. The van der Waals surface area contributed by atoms with Gasteiger partial charge in [0.15, 0.2) is 6.29 Å². The molecule has 1 rings (SSSR count). The van der Waals surface area contributed by atoms with Crippen molar-refractivity contribution in [3.05, 3.63) is 36.5 Å². The van der Waals surface area contributed by atoms with Crippen LogP contribution in [-0.4, -0.2) is 87.5 Å². The Balaban J connectivity index is 2.18. The first-order valence-corrected chi connectivity index (χ1v) is 29.7. The Morgan fingerprint density at radius 2 is 0.826 bits per heavy atom. The lowest BCUT2D eigenvalue weighted by molar-refractivity contribution is -0.302. The Bertz CT molecular complexity index is 1180. The van der Waals surface area contributed by atoms with E-state index in [9.17, 15) is 30.3 Å². The Kier molecular flexibility index (Phi) is 47.4. The standard InChI is InChI=1S/C60H113NO8/c1-3-5-7-9-11-13-15-17-19-21-22-23-24-25-26-27-28-29-30-31-32-34-36-38-40-42-44-46-48-50-56(64)61-53(52-68-60-59(67)58(66)57(65)55(51-62)69-60)54(63)49-47-45-43-41-39-37-35-33-20-18-16-14-12-10-8-6-4-2/h21-22,39,41,47,49,53-55,57-60,62-63,65-67H,3-20,23-38,40,42-46,48,50-52H2,1-2H3,(H,61,64)/b22-21-,41-39+,49-47+. The molecule has 69 heavy (non-hydrogen) atoms. The number of rotatable bonds is 51. The van der Waals surface area contributed by atoms with Gasteiger partial charge in [-0.2, -0.15) is 0 Å². The lowest BCUT2D eigenvalue weighted by Gasteiger charge is -2.40. The van der Waals surface area contributed by atoms with Gasteiger partial charge in [-0.3, -0.25) is 4.79 Å². The van der Waals surface area contributed by atoms with Crippen LogP contribution in [0.1, 0.15) is 284 Å². The molecule has 7 atom stereocenters. The van der Waals surface area contributed by atoms with Crippen molar-refractivity contribution in [2.45, 2.75) is 326 Å². The van der Waals surface area contributed by atoms with E-state index in [2.05, 4.69) is 43.5 Å². The molecule has 0 aromatic carbocycles. The van der Waals surface area contributed by atoms with Crippen LogP contribution in [0.5, 0.6) is 0 Å². The highest BCUT2D eigenvalue weighted by Gasteiger charge is 2.44. The van der Waals surface area contributed by atoms with Gasteiger partial charge < -0.3 is 40.3 Å². The summed E-state index contributed by atoms with van der Waals surface area (Å²) < 4.78 is 11.3. The van der Waals surface area contributed by atoms with Gasteiger partial charge in [0, 0.05) is 6.42 Å². The van der Waals surface area contributed by atoms with E-state index in [1.807, 2.05) is 6.08 Å². The minimum Gasteiger partial charge on any atom is -0.394 e. The molecule has 1 saturated heterocycles. The van der Waals surface area contributed by atoms with Gasteiger partial charge in [0.25, 0.3) is 0 Å². The minimum absolute atomic E-state index is 0.183. The lowest BCUT2D eigenvalue weighted by Crippen LogP contribution is -2.60. The van der Waals surface area contributed by atoms with E-state index in [4.69, 9.17) is 9.47 Å². The summed E-state index contributed by atoms with van der Waals surface area (Å²) in [6, 6.07) is -0.820. The van der Waals surface area contributed by atoms with E-state index in [0.717, 1.165) is 38.5 Å². The molecule has 0 aromatic rings. The summed E-state index contributed by atoms with van der Waals surface area (Å²) in [6.07, 6.45) is 57.9. The highest BCUT2D eigenvalue weighted by Crippen LogP contribution is 2.23. The summed E-state index contributed by atoms with van der Waals surface area (Å²) >= 11 is 0. The van der Waals surface area contributed by atoms with E-state index in [0.29, 0.717) is 6.42 Å². The Labute approximate surface area is 425 Å². The summed E-state index contributed by atoms with van der Waals surface area (Å²) in [5.74, 6) is -0.183. The fraction of sp³-hybridized carbons (Fsp3) is 0.883. The van der Waals surface area contributed by atoms with E-state index >= 15 is 0 Å². The zero-order valence-electron chi connectivity index (χ0n) is 45.1. The second-order valence-corrected chi connectivity index (χ2v) is 20.8. The molecular formula is C60H113NO8. The molecule has 1 fully saturated rings. The maximum atomic E-state index is 13.1. The molecule has 1 aliphatic rings. The number of hydrogen-bond acceptors (Lipinski definition) is 8. The number of nitrogens with one attached hydrogen (secondary N) is 1. The maximum absolute atomic E-state index is 13.1. The Morgan fingerprint density at radius 1 is 0.478 bits per heavy atom. The number of allylic oxidation sites excluding steroid dienone is 5. The van der Waals surface area contributed by atoms with Gasteiger partial charge in [-0.05, 0) is 57.8 Å². The summed E-state index contributed by atoms with van der Waals surface area (Å²) in [6.45, 7) is 3.79. The molecule has 0 spiro atoms. The van der Waals surface area contributed by atoms with Gasteiger partial charge in [0.1, 0.15) is 24.4 Å². The third-order valence-electron chi connectivity index (χ3n) is 14.2. The van der Waals surface area contributed by atoms with Gasteiger partial charge in [0.2, 0.25) is 5.91 Å². The first-order chi connectivity index (χ1) is 33.8. The normalized spacial score (nSPS) is 19.7. The van der Waals surface area contributed by atoms with Crippen LogP contribution in [0.15, 0.2) is 36.5 Å².